The van der Waals surface area contributed by atoms with Crippen molar-refractivity contribution in [3.63, 3.8) is 0 Å². The van der Waals surface area contributed by atoms with Crippen molar-refractivity contribution in [1.29, 1.82) is 0 Å². The van der Waals surface area contributed by atoms with E-state index in [1.54, 1.807) is 0 Å². The third kappa shape index (κ3) is 26.0. The standard InChI is InChI=1S/C56H104N4O20/c1-4-5-17-26-38(75-55-52(80-54-50(73)48(71)45(68)40(33-62)77-54)51(46(69)41(34-63)78-55)79-53-49(72)47(70)44(67)39(32-61)76-53)37(74-43(66)31-35(2)3)27-20-15-12-14-19-25-36(64)24-18-13-10-8-6-7-9-11-16-21-28-42(65)59-29-22-23-30-60-56(57)58/h35,37-41,44-55,61-63,67-73H,4-34H2,1-3H3,(H,59,65)(H4,57,58,60)/t37-,38-,39+,40+,41+,44-,45+,46-,47-,48-,49+,50+,51-,52+,53-,54-,55+/m0/s1. The van der Waals surface area contributed by atoms with Gasteiger partial charge in [-0.3, -0.25) is 19.4 Å². The summed E-state index contributed by atoms with van der Waals surface area (Å²) in [6.45, 7) is 4.54. The first kappa shape index (κ1) is 71.5. The molecule has 0 aromatic rings. The number of amides is 1. The number of nitrogens with zero attached hydrogens (tertiary/aromatic N) is 1. The molecule has 468 valence electrons. The van der Waals surface area contributed by atoms with Crippen LogP contribution in [0.2, 0.25) is 0 Å². The summed E-state index contributed by atoms with van der Waals surface area (Å²) < 4.78 is 42.6. The number of rotatable bonds is 43. The number of Topliss-reactive ketones (excluding diaryl/α,β-unsaturated/α-hetero) is 1. The summed E-state index contributed by atoms with van der Waals surface area (Å²) in [5.41, 5.74) is 10.6. The van der Waals surface area contributed by atoms with Gasteiger partial charge in [-0.25, -0.2) is 0 Å². The highest BCUT2D eigenvalue weighted by atomic mass is 16.8. The number of aliphatic hydroxyl groups is 10. The number of carbonyl (C=O) groups is 3. The SMILES string of the molecule is CCCCC[C@H](O[C@@H]1O[C@H](CO)[C@H](O)[C@H](O[C@@H]2O[C@H](CO)[C@H](O)[C@H](O)[C@H]2O)[C@H]1O[C@@H]1O[C@H](CO)[C@@H](O)[C@H](O)[C@H]1O)[C@H](CCCCCCCC(=O)CCCCCCCCCCCCC(=O)NCCCCN=C(N)N)OC(=O)CC(C)C. The summed E-state index contributed by atoms with van der Waals surface area (Å²) >= 11 is 0. The average Bonchev–Trinajstić information content (AvgIpc) is 3.44. The number of hydrogen-bond acceptors (Lipinski definition) is 21. The molecule has 0 unspecified atom stereocenters. The predicted molar refractivity (Wildman–Crippen MR) is 293 cm³/mol. The molecule has 24 nitrogen and oxygen atoms in total. The van der Waals surface area contributed by atoms with Crippen LogP contribution in [0.1, 0.15) is 188 Å². The molecular weight excluding hydrogens is 1050 g/mol. The van der Waals surface area contributed by atoms with Gasteiger partial charge in [0.1, 0.15) is 85.1 Å². The van der Waals surface area contributed by atoms with Crippen molar-refractivity contribution < 1.29 is 98.6 Å². The lowest BCUT2D eigenvalue weighted by molar-refractivity contribution is -0.396. The van der Waals surface area contributed by atoms with E-state index in [1.807, 2.05) is 20.8 Å². The molecule has 3 heterocycles. The number of nitrogens with two attached hydrogens (primary N) is 2. The molecule has 0 radical (unpaired) electrons. The van der Waals surface area contributed by atoms with Crippen molar-refractivity contribution in [1.82, 2.24) is 5.32 Å². The van der Waals surface area contributed by atoms with Gasteiger partial charge < -0.3 is 101 Å². The van der Waals surface area contributed by atoms with Gasteiger partial charge in [-0.2, -0.15) is 0 Å². The number of guanidine groups is 1. The molecule has 17 atom stereocenters. The number of aliphatic hydroxyl groups excluding tert-OH is 10. The molecule has 0 aliphatic carbocycles. The van der Waals surface area contributed by atoms with Gasteiger partial charge in [0, 0.05) is 38.8 Å². The second kappa shape index (κ2) is 40.5. The van der Waals surface area contributed by atoms with Gasteiger partial charge in [-0.05, 0) is 57.3 Å². The number of hydrogen-bond donors (Lipinski definition) is 13. The van der Waals surface area contributed by atoms with Gasteiger partial charge in [0.25, 0.3) is 0 Å². The third-order valence-corrected chi connectivity index (χ3v) is 15.0. The molecule has 0 saturated carbocycles. The Morgan fingerprint density at radius 2 is 0.975 bits per heavy atom. The topological polar surface area (TPSA) is 395 Å². The van der Waals surface area contributed by atoms with Gasteiger partial charge in [0.05, 0.1) is 25.9 Å². The lowest BCUT2D eigenvalue weighted by Crippen LogP contribution is -2.67. The summed E-state index contributed by atoms with van der Waals surface area (Å²) in [6.07, 6.45) is -7.21. The minimum atomic E-state index is -1.96. The quantitative estimate of drug-likeness (QED) is 0.0178. The number of ketones is 1. The van der Waals surface area contributed by atoms with E-state index in [1.165, 1.54) is 12.8 Å². The molecule has 3 saturated heterocycles. The maximum absolute atomic E-state index is 13.4. The van der Waals surface area contributed by atoms with Crippen molar-refractivity contribution in [3.05, 3.63) is 0 Å². The monoisotopic (exact) mass is 1150 g/mol. The van der Waals surface area contributed by atoms with Gasteiger partial charge in [0.2, 0.25) is 5.91 Å². The lowest BCUT2D eigenvalue weighted by atomic mass is 9.95. The van der Waals surface area contributed by atoms with E-state index in [2.05, 4.69) is 10.3 Å². The van der Waals surface area contributed by atoms with Crippen LogP contribution in [0.4, 0.5) is 0 Å². The van der Waals surface area contributed by atoms with Crippen LogP contribution in [0.25, 0.3) is 0 Å². The maximum Gasteiger partial charge on any atom is 0.306 e. The molecule has 3 aliphatic heterocycles. The zero-order valence-corrected chi connectivity index (χ0v) is 48.0. The molecular formula is C56H104N4O20. The number of ether oxygens (including phenoxy) is 7. The van der Waals surface area contributed by atoms with Crippen molar-refractivity contribution in [2.24, 2.45) is 22.4 Å². The first-order valence-corrected chi connectivity index (χ1v) is 29.9. The maximum atomic E-state index is 13.4. The smallest absolute Gasteiger partial charge is 0.306 e. The number of esters is 1. The van der Waals surface area contributed by atoms with Gasteiger partial charge in [0.15, 0.2) is 24.8 Å². The van der Waals surface area contributed by atoms with Crippen molar-refractivity contribution in [3.8, 4) is 0 Å². The van der Waals surface area contributed by atoms with E-state index in [0.717, 1.165) is 103 Å². The fourth-order valence-electron chi connectivity index (χ4n) is 10.2. The van der Waals surface area contributed by atoms with Gasteiger partial charge in [-0.1, -0.05) is 111 Å². The molecule has 3 aliphatic rings. The molecule has 3 rings (SSSR count). The highest BCUT2D eigenvalue weighted by Crippen LogP contribution is 2.36. The molecule has 1 amide bonds. The number of unbranched alkanes of at least 4 members (excludes halogenated alkanes) is 16. The zero-order chi connectivity index (χ0) is 59.0. The van der Waals surface area contributed by atoms with Crippen LogP contribution >= 0.6 is 0 Å². The Morgan fingerprint density at radius 1 is 0.525 bits per heavy atom. The summed E-state index contributed by atoms with van der Waals surface area (Å²) in [5.74, 6) is -0.0586. The van der Waals surface area contributed by atoms with E-state index in [4.69, 9.17) is 44.6 Å². The summed E-state index contributed by atoms with van der Waals surface area (Å²) in [7, 11) is 0. The third-order valence-electron chi connectivity index (χ3n) is 15.0. The Labute approximate surface area is 473 Å². The van der Waals surface area contributed by atoms with Gasteiger partial charge >= 0.3 is 5.97 Å². The van der Waals surface area contributed by atoms with E-state index in [9.17, 15) is 65.4 Å². The minimum Gasteiger partial charge on any atom is -0.460 e. The number of nitrogens with one attached hydrogen (secondary N) is 1. The van der Waals surface area contributed by atoms with Crippen LogP contribution in [0.5, 0.6) is 0 Å². The molecule has 0 spiro atoms. The summed E-state index contributed by atoms with van der Waals surface area (Å²) in [6, 6.07) is 0. The van der Waals surface area contributed by atoms with Crippen LogP contribution < -0.4 is 16.8 Å². The highest BCUT2D eigenvalue weighted by molar-refractivity contribution is 5.78. The van der Waals surface area contributed by atoms with Crippen molar-refractivity contribution in [2.75, 3.05) is 32.9 Å². The molecule has 80 heavy (non-hydrogen) atoms. The molecule has 0 bridgehead atoms. The fourth-order valence-corrected chi connectivity index (χ4v) is 10.2. The second-order valence-electron chi connectivity index (χ2n) is 22.4. The van der Waals surface area contributed by atoms with E-state index in [0.29, 0.717) is 58.0 Å². The van der Waals surface area contributed by atoms with Crippen LogP contribution in [-0.2, 0) is 47.5 Å². The van der Waals surface area contributed by atoms with Crippen molar-refractivity contribution in [2.45, 2.75) is 292 Å². The van der Waals surface area contributed by atoms with Gasteiger partial charge in [-0.15, -0.1) is 0 Å². The largest absolute Gasteiger partial charge is 0.460 e. The van der Waals surface area contributed by atoms with Crippen molar-refractivity contribution >= 4 is 23.6 Å². The Balaban J connectivity index is 1.57. The summed E-state index contributed by atoms with van der Waals surface area (Å²) in [5, 5.41) is 109. The molecule has 15 N–H and O–H groups in total. The Kier molecular flexibility index (Phi) is 36.2. The predicted octanol–water partition coefficient (Wildman–Crippen LogP) is 1.51. The average molecular weight is 1150 g/mol. The fraction of sp³-hybridized carbons (Fsp3) is 0.929. The Hall–Kier alpha value is -2.76. The summed E-state index contributed by atoms with van der Waals surface area (Å²) in [4.78, 5) is 42.2. The number of carbonyl (C=O) groups excluding carboxylic acids is 3. The Bertz CT molecular complexity index is 1700. The second-order valence-corrected chi connectivity index (χ2v) is 22.4. The zero-order valence-electron chi connectivity index (χ0n) is 48.0. The van der Waals surface area contributed by atoms with E-state index in [-0.39, 0.29) is 30.0 Å². The molecule has 0 aromatic heterocycles. The first-order valence-electron chi connectivity index (χ1n) is 29.9. The molecule has 3 fully saturated rings. The van der Waals surface area contributed by atoms with E-state index < -0.39 is 130 Å². The van der Waals surface area contributed by atoms with Crippen LogP contribution in [-0.4, -0.2) is 212 Å². The molecule has 24 heteroatoms. The van der Waals surface area contributed by atoms with E-state index >= 15 is 0 Å². The van der Waals surface area contributed by atoms with Crippen LogP contribution in [0.3, 0.4) is 0 Å². The normalized spacial score (nSPS) is 29.8. The highest BCUT2D eigenvalue weighted by Gasteiger charge is 2.55. The lowest BCUT2D eigenvalue weighted by Gasteiger charge is -2.49. The number of aliphatic imine (C=N–C) groups is 1. The van der Waals surface area contributed by atoms with Crippen LogP contribution in [0.15, 0.2) is 4.99 Å². The van der Waals surface area contributed by atoms with Crippen LogP contribution in [0, 0.1) is 5.92 Å². The minimum absolute atomic E-state index is 0.0344. The Morgan fingerprint density at radius 3 is 1.48 bits per heavy atom. The first-order chi connectivity index (χ1) is 38.4. The molecule has 0 aromatic carbocycles.